The zero-order valence-corrected chi connectivity index (χ0v) is 33.7. The number of rotatable bonds is 6. The Bertz CT molecular complexity index is 2060. The first-order valence-electron chi connectivity index (χ1n) is 18.3. The molecule has 1 fully saturated rings. The number of hydrogen-bond acceptors (Lipinski definition) is 12. The molecule has 1 saturated heterocycles. The fourth-order valence-corrected chi connectivity index (χ4v) is 6.32. The molecule has 0 aliphatic carbocycles. The maximum absolute atomic E-state index is 12.0. The molecule has 3 aliphatic heterocycles. The van der Waals surface area contributed by atoms with Crippen LogP contribution in [-0.2, 0) is 41.2 Å². The van der Waals surface area contributed by atoms with Crippen LogP contribution in [0.4, 0.5) is 11.4 Å². The number of aromatic nitrogens is 4. The smallest absolute Gasteiger partial charge is 0.465 e. The molecule has 0 bridgehead atoms. The Hall–Kier alpha value is -5.25. The maximum atomic E-state index is 12.0. The normalized spacial score (nSPS) is 15.8. The average molecular weight is 785 g/mol. The van der Waals surface area contributed by atoms with Crippen molar-refractivity contribution in [3.8, 4) is 11.4 Å². The van der Waals surface area contributed by atoms with E-state index in [1.165, 1.54) is 44.6 Å². The summed E-state index contributed by atoms with van der Waals surface area (Å²) >= 11 is 5.39. The Morgan fingerprint density at radius 1 is 0.714 bits per heavy atom. The highest BCUT2D eigenvalue weighted by atomic mass is 35.5. The molecule has 2 aromatic heterocycles. The summed E-state index contributed by atoms with van der Waals surface area (Å²) in [6.07, 6.45) is 8.28. The van der Waals surface area contributed by atoms with E-state index in [-0.39, 0.29) is 41.0 Å². The molecule has 4 aromatic rings. The molecule has 0 N–H and O–H groups in total. The number of methoxy groups -OCH3 is 2. The molecule has 294 valence electrons. The molecule has 0 spiro atoms. The van der Waals surface area contributed by atoms with Crippen molar-refractivity contribution in [2.75, 3.05) is 37.1 Å². The fraction of sp³-hybridized carbons (Fsp3) is 0.400. The second-order valence-corrected chi connectivity index (χ2v) is 14.5. The molecule has 0 radical (unpaired) electrons. The number of halogens is 1. The lowest BCUT2D eigenvalue weighted by atomic mass is 9.78. The molecule has 14 nitrogen and oxygen atoms in total. The third-order valence-corrected chi connectivity index (χ3v) is 10.3. The number of amides is 2. The zero-order valence-electron chi connectivity index (χ0n) is 32.9. The summed E-state index contributed by atoms with van der Waals surface area (Å²) in [6.45, 7) is 13.5. The molecule has 16 heteroatoms. The number of hydrogen-bond donors (Lipinski definition) is 0. The number of benzene rings is 2. The summed E-state index contributed by atoms with van der Waals surface area (Å²) in [7, 11) is 2.27. The summed E-state index contributed by atoms with van der Waals surface area (Å²) in [5.74, 6) is -0.0704. The summed E-state index contributed by atoms with van der Waals surface area (Å²) in [5, 5.41) is 0.109. The predicted octanol–water partition coefficient (Wildman–Crippen LogP) is 5.43. The topological polar surface area (TPSA) is 163 Å². The minimum absolute atomic E-state index is 0.109. The van der Waals surface area contributed by atoms with E-state index in [1.807, 2.05) is 54.0 Å². The van der Waals surface area contributed by atoms with E-state index in [4.69, 9.17) is 20.9 Å². The van der Waals surface area contributed by atoms with Gasteiger partial charge in [0.1, 0.15) is 0 Å². The molecule has 0 saturated carbocycles. The zero-order chi connectivity index (χ0) is 40.8. The predicted molar refractivity (Wildman–Crippen MR) is 212 cm³/mol. The van der Waals surface area contributed by atoms with Gasteiger partial charge in [0.2, 0.25) is 17.1 Å². The van der Waals surface area contributed by atoms with E-state index in [0.717, 1.165) is 47.4 Å². The fourth-order valence-electron chi connectivity index (χ4n) is 6.22. The summed E-state index contributed by atoms with van der Waals surface area (Å²) < 4.78 is 21.3. The molecule has 2 aromatic carbocycles. The van der Waals surface area contributed by atoms with Gasteiger partial charge in [-0.2, -0.15) is 0 Å². The van der Waals surface area contributed by atoms with Crippen LogP contribution in [0.15, 0.2) is 61.2 Å². The van der Waals surface area contributed by atoms with Crippen LogP contribution in [0.3, 0.4) is 0 Å². The van der Waals surface area contributed by atoms with E-state index in [9.17, 15) is 19.2 Å². The lowest BCUT2D eigenvalue weighted by Gasteiger charge is -2.32. The van der Waals surface area contributed by atoms with Gasteiger partial charge in [-0.3, -0.25) is 9.59 Å². The van der Waals surface area contributed by atoms with Crippen molar-refractivity contribution < 1.29 is 38.0 Å². The third-order valence-electron chi connectivity index (χ3n) is 10.1. The minimum atomic E-state index is -0.471. The van der Waals surface area contributed by atoms with Gasteiger partial charge in [-0.05, 0) is 93.0 Å². The van der Waals surface area contributed by atoms with Crippen molar-refractivity contribution >= 4 is 59.3 Å². The molecule has 2 amide bonds. The van der Waals surface area contributed by atoms with Crippen molar-refractivity contribution in [3.05, 3.63) is 88.7 Å². The quantitative estimate of drug-likeness (QED) is 0.139. The van der Waals surface area contributed by atoms with Crippen LogP contribution in [0.1, 0.15) is 86.2 Å². The average Bonchev–Trinajstić information content (AvgIpc) is 3.89. The monoisotopic (exact) mass is 784 g/mol. The Morgan fingerprint density at radius 2 is 1.16 bits per heavy atom. The van der Waals surface area contributed by atoms with E-state index in [2.05, 4.69) is 63.2 Å². The third kappa shape index (κ3) is 9.23. The summed E-state index contributed by atoms with van der Waals surface area (Å²) in [5.41, 5.74) is 6.16. The van der Waals surface area contributed by atoms with Crippen molar-refractivity contribution in [3.63, 3.8) is 0 Å². The highest BCUT2D eigenvalue weighted by Crippen LogP contribution is 2.37. The summed E-state index contributed by atoms with van der Waals surface area (Å²) in [4.78, 5) is 65.4. The number of esters is 2. The molecule has 0 unspecified atom stereocenters. The van der Waals surface area contributed by atoms with Crippen molar-refractivity contribution in [1.82, 2.24) is 19.9 Å². The standard InChI is InChI=1S/C17H24BNO3.C17H17N3O3.C6H5ClN2O2/c1-6-15(20)19-10-9-12-11-13(7-8-14(12)19)18-21-16(2,3)17(4,5)22-18;1-3-15(21)20-7-6-11-8-12(4-5-14(11)20)16-18-9-13(10-19-16)17(22)23-2;1-11-5(10)4-2-8-6(7)9-3-4/h7-8,11H,6,9-10H2,1-5H3;4-5,8-10H,3,6-7H2,1-2H3;2-3H,1H3. The first-order valence-corrected chi connectivity index (χ1v) is 18.7. The van der Waals surface area contributed by atoms with E-state index < -0.39 is 11.9 Å². The van der Waals surface area contributed by atoms with Gasteiger partial charge < -0.3 is 28.6 Å². The number of anilines is 2. The number of carbonyl (C=O) groups excluding carboxylic acids is 4. The lowest BCUT2D eigenvalue weighted by Crippen LogP contribution is -2.41. The van der Waals surface area contributed by atoms with Crippen LogP contribution < -0.4 is 15.3 Å². The van der Waals surface area contributed by atoms with Gasteiger partial charge in [0.25, 0.3) is 0 Å². The largest absolute Gasteiger partial charge is 0.494 e. The van der Waals surface area contributed by atoms with Crippen LogP contribution in [-0.4, -0.2) is 89.3 Å². The molecule has 3 aliphatic rings. The van der Waals surface area contributed by atoms with Crippen molar-refractivity contribution in [2.24, 2.45) is 0 Å². The van der Waals surface area contributed by atoms with Gasteiger partial charge in [-0.15, -0.1) is 0 Å². The Labute approximate surface area is 332 Å². The van der Waals surface area contributed by atoms with Gasteiger partial charge in [-0.25, -0.2) is 29.5 Å². The van der Waals surface area contributed by atoms with E-state index in [1.54, 1.807) is 0 Å². The number of ether oxygens (including phenoxy) is 2. The van der Waals surface area contributed by atoms with Gasteiger partial charge >= 0.3 is 19.1 Å². The SMILES string of the molecule is CCC(=O)N1CCc2cc(-c3ncc(C(=O)OC)cn3)ccc21.CCC(=O)N1CCc2cc(B3OC(C)(C)C(C)(C)O3)ccc21.COC(=O)c1cnc(Cl)nc1. The molecular weight excluding hydrogens is 739 g/mol. The highest BCUT2D eigenvalue weighted by molar-refractivity contribution is 6.62. The van der Waals surface area contributed by atoms with Gasteiger partial charge in [0.05, 0.1) is 36.5 Å². The minimum Gasteiger partial charge on any atom is -0.465 e. The van der Waals surface area contributed by atoms with E-state index >= 15 is 0 Å². The number of nitrogens with zero attached hydrogens (tertiary/aromatic N) is 6. The highest BCUT2D eigenvalue weighted by Gasteiger charge is 2.51. The van der Waals surface area contributed by atoms with Crippen LogP contribution in [0.5, 0.6) is 0 Å². The second kappa shape index (κ2) is 17.7. The number of fused-ring (bicyclic) bond motifs is 2. The lowest BCUT2D eigenvalue weighted by molar-refractivity contribution is -0.119. The number of carbonyl (C=O) groups is 4. The Morgan fingerprint density at radius 3 is 1.62 bits per heavy atom. The molecule has 5 heterocycles. The van der Waals surface area contributed by atoms with Crippen molar-refractivity contribution in [2.45, 2.75) is 78.4 Å². The molecule has 7 rings (SSSR count). The van der Waals surface area contributed by atoms with Crippen LogP contribution in [0.25, 0.3) is 11.4 Å². The molecular formula is C40H46BClN6O8. The first-order chi connectivity index (χ1) is 26.6. The Kier molecular flexibility index (Phi) is 13.2. The van der Waals surface area contributed by atoms with Crippen LogP contribution in [0, 0.1) is 0 Å². The van der Waals surface area contributed by atoms with Gasteiger partial charge in [0, 0.05) is 67.7 Å². The van der Waals surface area contributed by atoms with Gasteiger partial charge in [-0.1, -0.05) is 26.0 Å². The maximum Gasteiger partial charge on any atom is 0.494 e. The second-order valence-electron chi connectivity index (χ2n) is 14.1. The van der Waals surface area contributed by atoms with E-state index in [0.29, 0.717) is 30.8 Å². The van der Waals surface area contributed by atoms with Crippen molar-refractivity contribution in [1.29, 1.82) is 0 Å². The summed E-state index contributed by atoms with van der Waals surface area (Å²) in [6, 6.07) is 12.0. The molecule has 56 heavy (non-hydrogen) atoms. The first kappa shape index (κ1) is 41.9. The van der Waals surface area contributed by atoms with Crippen LogP contribution in [0.2, 0.25) is 5.28 Å². The van der Waals surface area contributed by atoms with Crippen LogP contribution >= 0.6 is 11.6 Å². The molecule has 0 atom stereocenters. The van der Waals surface area contributed by atoms with Gasteiger partial charge in [0.15, 0.2) is 5.82 Å². The Balaban J connectivity index is 0.000000171.